The molecule has 148 valence electrons. The molecule has 7 heteroatoms. The summed E-state index contributed by atoms with van der Waals surface area (Å²) in [6.07, 6.45) is 9.49. The second-order valence-corrected chi connectivity index (χ2v) is 8.05. The Morgan fingerprint density at radius 3 is 2.25 bits per heavy atom. The van der Waals surface area contributed by atoms with Crippen molar-refractivity contribution in [1.29, 1.82) is 0 Å². The van der Waals surface area contributed by atoms with Crippen molar-refractivity contribution in [3.63, 3.8) is 0 Å². The van der Waals surface area contributed by atoms with Crippen molar-refractivity contribution >= 4 is 10.1 Å². The van der Waals surface area contributed by atoms with E-state index in [1.165, 1.54) is 44.6 Å². The van der Waals surface area contributed by atoms with Crippen molar-refractivity contribution < 1.29 is 74.2 Å². The molecule has 0 unspecified atom stereocenters. The van der Waals surface area contributed by atoms with E-state index in [1.54, 1.807) is 0 Å². The summed E-state index contributed by atoms with van der Waals surface area (Å²) in [6, 6.07) is 11.1. The van der Waals surface area contributed by atoms with Gasteiger partial charge in [-0.05, 0) is 42.7 Å². The maximum Gasteiger partial charge on any atom is 1.00 e. The topological polar surface area (TPSA) is 86.7 Å². The first-order valence-electron chi connectivity index (χ1n) is 9.46. The molecule has 0 aliphatic heterocycles. The Morgan fingerprint density at radius 2 is 1.61 bits per heavy atom. The second kappa shape index (κ2) is 13.0. The van der Waals surface area contributed by atoms with Gasteiger partial charge < -0.3 is 9.84 Å². The van der Waals surface area contributed by atoms with Crippen LogP contribution in [-0.4, -0.2) is 13.0 Å². The minimum absolute atomic E-state index is 0. The van der Waals surface area contributed by atoms with E-state index < -0.39 is 20.8 Å². The van der Waals surface area contributed by atoms with Crippen LogP contribution in [0.1, 0.15) is 57.4 Å². The largest absolute Gasteiger partial charge is 1.00 e. The maximum atomic E-state index is 11.9. The summed E-state index contributed by atoms with van der Waals surface area (Å²) >= 11 is 0. The van der Waals surface area contributed by atoms with Gasteiger partial charge in [0.1, 0.15) is 11.5 Å². The molecule has 2 rings (SSSR count). The van der Waals surface area contributed by atoms with Gasteiger partial charge in [0, 0.05) is 0 Å². The van der Waals surface area contributed by atoms with Crippen LogP contribution in [0.15, 0.2) is 47.4 Å². The van der Waals surface area contributed by atoms with Gasteiger partial charge in [-0.25, -0.2) is 0 Å². The first kappa shape index (κ1) is 25.6. The fourth-order valence-corrected chi connectivity index (χ4v) is 3.53. The number of unbranched alkanes of at least 4 members (excludes halogenated alkanes) is 6. The van der Waals surface area contributed by atoms with Crippen molar-refractivity contribution in [2.45, 2.75) is 63.2 Å². The molecular weight excluding hydrogens is 403 g/mol. The Bertz CT molecular complexity index is 836. The smallest absolute Gasteiger partial charge is 0.871 e. The number of para-hydroxylation sites is 1. The van der Waals surface area contributed by atoms with Crippen LogP contribution in [0.5, 0.6) is 17.2 Å². The molecule has 28 heavy (non-hydrogen) atoms. The molecular formula is C21H27KO5S. The van der Waals surface area contributed by atoms with Gasteiger partial charge in [-0.3, -0.25) is 4.55 Å². The van der Waals surface area contributed by atoms with Gasteiger partial charge in [0.15, 0.2) is 0 Å². The van der Waals surface area contributed by atoms with E-state index in [-0.39, 0.29) is 57.1 Å². The van der Waals surface area contributed by atoms with Crippen LogP contribution in [0.2, 0.25) is 0 Å². The predicted octanol–water partition coefficient (Wildman–Crippen LogP) is 2.10. The van der Waals surface area contributed by atoms with Gasteiger partial charge in [-0.2, -0.15) is 8.42 Å². The molecule has 2 aromatic carbocycles. The molecule has 0 spiro atoms. The van der Waals surface area contributed by atoms with Crippen molar-refractivity contribution in [2.75, 3.05) is 0 Å². The summed E-state index contributed by atoms with van der Waals surface area (Å²) in [5.74, 6) is 0.112. The molecule has 2 aromatic rings. The zero-order valence-corrected chi connectivity index (χ0v) is 20.6. The fourth-order valence-electron chi connectivity index (χ4n) is 2.97. The van der Waals surface area contributed by atoms with Crippen LogP contribution in [-0.2, 0) is 16.5 Å². The third-order valence-corrected chi connectivity index (χ3v) is 5.34. The van der Waals surface area contributed by atoms with Crippen molar-refractivity contribution in [3.8, 4) is 17.2 Å². The molecule has 0 saturated carbocycles. The maximum absolute atomic E-state index is 11.9. The summed E-state index contributed by atoms with van der Waals surface area (Å²) in [4.78, 5) is -0.647. The van der Waals surface area contributed by atoms with Crippen LogP contribution >= 0.6 is 0 Å². The van der Waals surface area contributed by atoms with Crippen LogP contribution in [0, 0.1) is 0 Å². The van der Waals surface area contributed by atoms with E-state index in [0.717, 1.165) is 30.5 Å². The van der Waals surface area contributed by atoms with Crippen LogP contribution in [0.25, 0.3) is 0 Å². The Hall–Kier alpha value is -0.414. The number of ether oxygens (including phenoxy) is 1. The molecule has 5 nitrogen and oxygen atoms in total. The molecule has 0 radical (unpaired) electrons. The summed E-state index contributed by atoms with van der Waals surface area (Å²) in [5.41, 5.74) is 1.05. The first-order valence-corrected chi connectivity index (χ1v) is 10.9. The van der Waals surface area contributed by atoms with Crippen molar-refractivity contribution in [2.24, 2.45) is 0 Å². The average Bonchev–Trinajstić information content (AvgIpc) is 2.61. The zero-order valence-electron chi connectivity index (χ0n) is 16.7. The molecule has 0 aliphatic carbocycles. The number of hydrogen-bond acceptors (Lipinski definition) is 4. The SMILES string of the molecule is CCCCCCCCCc1ccccc1Oc1ccc(S(=O)(=O)O)c([O-])c1.[K+]. The summed E-state index contributed by atoms with van der Waals surface area (Å²) in [6.45, 7) is 2.21. The van der Waals surface area contributed by atoms with Crippen molar-refractivity contribution in [3.05, 3.63) is 48.0 Å². The van der Waals surface area contributed by atoms with Gasteiger partial charge in [0.05, 0.1) is 4.90 Å². The van der Waals surface area contributed by atoms with Gasteiger partial charge in [-0.1, -0.05) is 69.4 Å². The number of aryl methyl sites for hydroxylation is 1. The quantitative estimate of drug-likeness (QED) is 0.335. The molecule has 0 amide bonds. The van der Waals surface area contributed by atoms with Crippen LogP contribution in [0.3, 0.4) is 0 Å². The monoisotopic (exact) mass is 430 g/mol. The van der Waals surface area contributed by atoms with Gasteiger partial charge in [-0.15, -0.1) is 0 Å². The average molecular weight is 431 g/mol. The van der Waals surface area contributed by atoms with E-state index >= 15 is 0 Å². The molecule has 0 aliphatic rings. The van der Waals surface area contributed by atoms with Gasteiger partial charge >= 0.3 is 51.4 Å². The number of rotatable bonds is 11. The normalized spacial score (nSPS) is 11.1. The fraction of sp³-hybridized carbons (Fsp3) is 0.429. The van der Waals surface area contributed by atoms with Crippen LogP contribution < -0.4 is 61.2 Å². The van der Waals surface area contributed by atoms with Crippen LogP contribution in [0.4, 0.5) is 0 Å². The Labute approximate surface area is 210 Å². The van der Waals surface area contributed by atoms with E-state index in [9.17, 15) is 13.5 Å². The number of hydrogen-bond donors (Lipinski definition) is 1. The Morgan fingerprint density at radius 1 is 0.964 bits per heavy atom. The van der Waals surface area contributed by atoms with Gasteiger partial charge in [0.25, 0.3) is 10.1 Å². The molecule has 0 fully saturated rings. The molecule has 0 heterocycles. The number of benzene rings is 2. The predicted molar refractivity (Wildman–Crippen MR) is 104 cm³/mol. The summed E-state index contributed by atoms with van der Waals surface area (Å²) in [5, 5.41) is 11.9. The van der Waals surface area contributed by atoms with E-state index in [4.69, 9.17) is 9.29 Å². The van der Waals surface area contributed by atoms with Crippen molar-refractivity contribution in [1.82, 2.24) is 0 Å². The summed E-state index contributed by atoms with van der Waals surface area (Å²) < 4.78 is 37.0. The molecule has 0 saturated heterocycles. The molecule has 1 N–H and O–H groups in total. The second-order valence-electron chi connectivity index (χ2n) is 6.66. The standard InChI is InChI=1S/C21H28O5S.K/c1-2-3-4-5-6-7-8-11-17-12-9-10-13-20(17)26-18-14-15-21(19(22)16-18)27(23,24)25;/h9-10,12-16,22H,2-8,11H2,1H3,(H,23,24,25);/q;+1/p-1. The molecule has 0 bridgehead atoms. The van der Waals surface area contributed by atoms with E-state index in [1.807, 2.05) is 24.3 Å². The minimum atomic E-state index is -4.52. The molecule has 0 aromatic heterocycles. The van der Waals surface area contributed by atoms with Gasteiger partial charge in [0.2, 0.25) is 0 Å². The Kier molecular flexibility index (Phi) is 11.9. The molecule has 0 atom stereocenters. The zero-order chi connectivity index (χ0) is 19.7. The first-order chi connectivity index (χ1) is 12.9. The Balaban J connectivity index is 0.00000392. The minimum Gasteiger partial charge on any atom is -0.871 e. The summed E-state index contributed by atoms with van der Waals surface area (Å²) in [7, 11) is -4.52. The third kappa shape index (κ3) is 8.53. The third-order valence-electron chi connectivity index (χ3n) is 4.44. The van der Waals surface area contributed by atoms with E-state index in [2.05, 4.69) is 6.92 Å². The van der Waals surface area contributed by atoms with E-state index in [0.29, 0.717) is 5.75 Å².